The fourth-order valence-corrected chi connectivity index (χ4v) is 4.05. The number of phosphoric acid groups is 1. The van der Waals surface area contributed by atoms with E-state index in [9.17, 15) is 19.0 Å². The molecule has 3 N–H and O–H groups in total. The van der Waals surface area contributed by atoms with Crippen molar-refractivity contribution in [1.29, 1.82) is 0 Å². The van der Waals surface area contributed by atoms with Crippen LogP contribution in [0.1, 0.15) is 104 Å². The van der Waals surface area contributed by atoms with Gasteiger partial charge in [0.2, 0.25) is 0 Å². The predicted octanol–water partition coefficient (Wildman–Crippen LogP) is 6.15. The molecule has 9 nitrogen and oxygen atoms in total. The zero-order valence-corrected chi connectivity index (χ0v) is 23.8. The van der Waals surface area contributed by atoms with E-state index in [-0.39, 0.29) is 32.6 Å². The molecule has 0 saturated carbocycles. The molecule has 0 fully saturated rings. The van der Waals surface area contributed by atoms with Crippen LogP contribution in [0.25, 0.3) is 0 Å². The molecule has 0 aromatic rings. The van der Waals surface area contributed by atoms with Crippen LogP contribution in [0.3, 0.4) is 0 Å². The Hall–Kier alpha value is -1.51. The number of hydrogen-bond acceptors (Lipinski definition) is 8. The summed E-state index contributed by atoms with van der Waals surface area (Å²) in [6, 6.07) is 0. The molecule has 0 aliphatic rings. The van der Waals surface area contributed by atoms with E-state index < -0.39 is 32.5 Å². The maximum Gasteiger partial charge on any atom is 0.472 e. The van der Waals surface area contributed by atoms with E-state index in [1.807, 2.05) is 6.92 Å². The molecule has 0 aromatic carbocycles. The topological polar surface area (TPSA) is 134 Å². The van der Waals surface area contributed by atoms with Crippen molar-refractivity contribution >= 4 is 19.8 Å². The molecule has 0 rings (SSSR count). The Morgan fingerprint density at radius 1 is 0.811 bits per heavy atom. The molecule has 0 aliphatic heterocycles. The summed E-state index contributed by atoms with van der Waals surface area (Å²) in [7, 11) is -4.34. The molecule has 37 heavy (non-hydrogen) atoms. The summed E-state index contributed by atoms with van der Waals surface area (Å²) in [4.78, 5) is 33.5. The molecule has 0 aliphatic carbocycles. The van der Waals surface area contributed by atoms with E-state index in [0.717, 1.165) is 38.5 Å². The molecular weight excluding hydrogens is 497 g/mol. The summed E-state index contributed by atoms with van der Waals surface area (Å²) in [5.41, 5.74) is 5.25. The predicted molar refractivity (Wildman–Crippen MR) is 146 cm³/mol. The van der Waals surface area contributed by atoms with Gasteiger partial charge in [0.25, 0.3) is 0 Å². The van der Waals surface area contributed by atoms with Crippen molar-refractivity contribution in [2.24, 2.45) is 5.73 Å². The van der Waals surface area contributed by atoms with Crippen molar-refractivity contribution in [2.75, 3.05) is 26.4 Å². The minimum absolute atomic E-state index is 0.0501. The second-order valence-electron chi connectivity index (χ2n) is 8.91. The van der Waals surface area contributed by atoms with E-state index in [1.165, 1.54) is 25.7 Å². The molecule has 10 heteroatoms. The lowest BCUT2D eigenvalue weighted by molar-refractivity contribution is -0.161. The van der Waals surface area contributed by atoms with Crippen LogP contribution in [-0.2, 0) is 32.7 Å². The number of unbranched alkanes of at least 4 members (excludes halogenated alkanes) is 8. The Labute approximate surface area is 223 Å². The first-order valence-corrected chi connectivity index (χ1v) is 15.3. The largest absolute Gasteiger partial charge is 0.472 e. The van der Waals surface area contributed by atoms with Gasteiger partial charge in [0, 0.05) is 19.4 Å². The fourth-order valence-electron chi connectivity index (χ4n) is 3.29. The summed E-state index contributed by atoms with van der Waals surface area (Å²) in [5, 5.41) is 0. The molecule has 2 atom stereocenters. The Morgan fingerprint density at radius 2 is 1.46 bits per heavy atom. The van der Waals surface area contributed by atoms with Crippen molar-refractivity contribution in [1.82, 2.24) is 0 Å². The summed E-state index contributed by atoms with van der Waals surface area (Å²) in [5.74, 6) is -0.912. The van der Waals surface area contributed by atoms with Gasteiger partial charge in [-0.05, 0) is 44.9 Å². The Bertz CT molecular complexity index is 683. The van der Waals surface area contributed by atoms with E-state index in [0.29, 0.717) is 12.8 Å². The average Bonchev–Trinajstić information content (AvgIpc) is 2.87. The highest BCUT2D eigenvalue weighted by Crippen LogP contribution is 2.43. The highest BCUT2D eigenvalue weighted by Gasteiger charge is 2.25. The van der Waals surface area contributed by atoms with Crippen molar-refractivity contribution in [3.05, 3.63) is 24.3 Å². The van der Waals surface area contributed by atoms with E-state index >= 15 is 0 Å². The molecule has 0 amide bonds. The van der Waals surface area contributed by atoms with E-state index in [1.54, 1.807) is 0 Å². The van der Waals surface area contributed by atoms with Crippen LogP contribution < -0.4 is 5.73 Å². The lowest BCUT2D eigenvalue weighted by atomic mass is 10.1. The Kier molecular flexibility index (Phi) is 23.8. The van der Waals surface area contributed by atoms with Gasteiger partial charge in [-0.1, -0.05) is 70.3 Å². The highest BCUT2D eigenvalue weighted by molar-refractivity contribution is 7.47. The summed E-state index contributed by atoms with van der Waals surface area (Å²) >= 11 is 0. The van der Waals surface area contributed by atoms with Gasteiger partial charge >= 0.3 is 19.8 Å². The van der Waals surface area contributed by atoms with Gasteiger partial charge < -0.3 is 20.1 Å². The van der Waals surface area contributed by atoms with Crippen LogP contribution >= 0.6 is 7.82 Å². The third kappa shape index (κ3) is 24.6. The number of nitrogens with two attached hydrogens (primary N) is 1. The second-order valence-corrected chi connectivity index (χ2v) is 10.4. The first-order valence-electron chi connectivity index (χ1n) is 13.8. The number of rotatable bonds is 25. The number of ether oxygens (including phenoxy) is 2. The van der Waals surface area contributed by atoms with Crippen LogP contribution in [0.15, 0.2) is 24.3 Å². The minimum Gasteiger partial charge on any atom is -0.462 e. The fraction of sp³-hybridized carbons (Fsp3) is 0.778. The minimum atomic E-state index is -4.34. The van der Waals surface area contributed by atoms with E-state index in [4.69, 9.17) is 19.7 Å². The number of carbonyl (C=O) groups is 2. The number of carbonyl (C=O) groups excluding carboxylic acids is 2. The molecule has 0 bridgehead atoms. The van der Waals surface area contributed by atoms with Gasteiger partial charge in [-0.2, -0.15) is 0 Å². The van der Waals surface area contributed by atoms with Crippen LogP contribution in [-0.4, -0.2) is 49.3 Å². The van der Waals surface area contributed by atoms with Crippen LogP contribution in [0.2, 0.25) is 0 Å². The number of phosphoric ester groups is 1. The normalized spacial score (nSPS) is 14.2. The third-order valence-corrected chi connectivity index (χ3v) is 6.29. The van der Waals surface area contributed by atoms with Crippen LogP contribution in [0.4, 0.5) is 0 Å². The first kappa shape index (κ1) is 35.5. The summed E-state index contributed by atoms with van der Waals surface area (Å²) in [6.45, 7) is 3.25. The number of esters is 2. The molecule has 0 aromatic heterocycles. The van der Waals surface area contributed by atoms with Gasteiger partial charge in [-0.15, -0.1) is 0 Å². The Balaban J connectivity index is 4.12. The standard InChI is InChI=1S/C27H50NO8P/c1-3-5-6-7-8-9-10-11-12-13-14-15-16-17-18-20-27(30)36-25(23-33-26(29)19-4-2)24-35-37(31,32)34-22-21-28/h8-9,11-12,25H,3-7,10,13-24,28H2,1-2H3,(H,31,32)/b9-8-,12-11-. The lowest BCUT2D eigenvalue weighted by Crippen LogP contribution is -2.29. The zero-order valence-electron chi connectivity index (χ0n) is 22.9. The summed E-state index contributed by atoms with van der Waals surface area (Å²) < 4.78 is 31.8. The van der Waals surface area contributed by atoms with Gasteiger partial charge in [-0.3, -0.25) is 18.6 Å². The van der Waals surface area contributed by atoms with Gasteiger partial charge in [0.1, 0.15) is 6.61 Å². The quantitative estimate of drug-likeness (QED) is 0.0597. The smallest absolute Gasteiger partial charge is 0.462 e. The molecular formula is C27H50NO8P. The molecule has 2 unspecified atom stereocenters. The third-order valence-electron chi connectivity index (χ3n) is 5.31. The van der Waals surface area contributed by atoms with Crippen molar-refractivity contribution in [3.8, 4) is 0 Å². The van der Waals surface area contributed by atoms with E-state index in [2.05, 4.69) is 35.8 Å². The number of allylic oxidation sites excluding steroid dienone is 4. The maximum atomic E-state index is 12.2. The molecule has 0 radical (unpaired) electrons. The Morgan fingerprint density at radius 3 is 2.11 bits per heavy atom. The SMILES string of the molecule is CCCCC/C=C\C/C=C\CCCCCCCC(=O)OC(COC(=O)CCC)COP(=O)(O)OCCN. The van der Waals surface area contributed by atoms with Crippen molar-refractivity contribution in [3.63, 3.8) is 0 Å². The van der Waals surface area contributed by atoms with Crippen LogP contribution in [0.5, 0.6) is 0 Å². The van der Waals surface area contributed by atoms with Crippen molar-refractivity contribution < 1.29 is 37.6 Å². The maximum absolute atomic E-state index is 12.2. The molecule has 0 spiro atoms. The summed E-state index contributed by atoms with van der Waals surface area (Å²) in [6.07, 6.45) is 20.9. The highest BCUT2D eigenvalue weighted by atomic mass is 31.2. The monoisotopic (exact) mass is 547 g/mol. The number of hydrogen-bond donors (Lipinski definition) is 2. The zero-order chi connectivity index (χ0) is 27.6. The lowest BCUT2D eigenvalue weighted by Gasteiger charge is -2.19. The van der Waals surface area contributed by atoms with Crippen molar-refractivity contribution in [2.45, 2.75) is 110 Å². The molecule has 0 saturated heterocycles. The average molecular weight is 548 g/mol. The van der Waals surface area contributed by atoms with Crippen LogP contribution in [0, 0.1) is 0 Å². The molecule has 216 valence electrons. The first-order chi connectivity index (χ1) is 17.8. The van der Waals surface area contributed by atoms with Gasteiger partial charge in [0.05, 0.1) is 13.2 Å². The van der Waals surface area contributed by atoms with Gasteiger partial charge in [-0.25, -0.2) is 4.57 Å². The second kappa shape index (κ2) is 24.8. The molecule has 0 heterocycles. The van der Waals surface area contributed by atoms with Gasteiger partial charge in [0.15, 0.2) is 6.10 Å².